The number of hydrogen-bond donors (Lipinski definition) is 1. The van der Waals surface area contributed by atoms with Crippen LogP contribution in [0.15, 0.2) is 0 Å². The molecule has 14 heavy (non-hydrogen) atoms. The molecule has 0 saturated carbocycles. The molecule has 0 aromatic rings. The van der Waals surface area contributed by atoms with Crippen molar-refractivity contribution in [3.63, 3.8) is 0 Å². The molecular weight excluding hydrogens is 174 g/mol. The first-order valence-electron chi connectivity index (χ1n) is 5.94. The summed E-state index contributed by atoms with van der Waals surface area (Å²) in [4.78, 5) is 5.05. The second-order valence-corrected chi connectivity index (χ2v) is 4.86. The second kappa shape index (κ2) is 4.60. The molecule has 2 rings (SSSR count). The summed E-state index contributed by atoms with van der Waals surface area (Å²) in [5.41, 5.74) is 5.92. The fourth-order valence-electron chi connectivity index (χ4n) is 3.00. The standard InChI is InChI=1S/C11H23N3/c1-13-7-4-10(9-13)11(8-12)14-5-2-3-6-14/h10-11H,2-9,12H2,1H3. The first kappa shape index (κ1) is 10.4. The lowest BCUT2D eigenvalue weighted by Gasteiger charge is -2.31. The van der Waals surface area contributed by atoms with E-state index >= 15 is 0 Å². The van der Waals surface area contributed by atoms with Crippen molar-refractivity contribution in [3.8, 4) is 0 Å². The van der Waals surface area contributed by atoms with E-state index < -0.39 is 0 Å². The fourth-order valence-corrected chi connectivity index (χ4v) is 3.00. The van der Waals surface area contributed by atoms with Crippen LogP contribution in [-0.4, -0.2) is 55.6 Å². The van der Waals surface area contributed by atoms with Crippen molar-refractivity contribution in [3.05, 3.63) is 0 Å². The maximum atomic E-state index is 5.92. The number of rotatable bonds is 3. The zero-order valence-corrected chi connectivity index (χ0v) is 9.28. The largest absolute Gasteiger partial charge is 0.329 e. The Kier molecular flexibility index (Phi) is 3.42. The summed E-state index contributed by atoms with van der Waals surface area (Å²) >= 11 is 0. The fraction of sp³-hybridized carbons (Fsp3) is 1.00. The molecule has 0 aliphatic carbocycles. The first-order chi connectivity index (χ1) is 6.81. The number of nitrogens with two attached hydrogens (primary N) is 1. The Hall–Kier alpha value is -0.120. The third kappa shape index (κ3) is 2.10. The van der Waals surface area contributed by atoms with Crippen LogP contribution < -0.4 is 5.73 Å². The van der Waals surface area contributed by atoms with Crippen molar-refractivity contribution in [1.29, 1.82) is 0 Å². The van der Waals surface area contributed by atoms with Crippen LogP contribution in [0.4, 0.5) is 0 Å². The molecule has 2 aliphatic heterocycles. The van der Waals surface area contributed by atoms with Gasteiger partial charge in [0.15, 0.2) is 0 Å². The molecule has 2 fully saturated rings. The van der Waals surface area contributed by atoms with Gasteiger partial charge in [-0.1, -0.05) is 0 Å². The molecule has 0 aromatic heterocycles. The number of hydrogen-bond acceptors (Lipinski definition) is 3. The number of likely N-dealkylation sites (tertiary alicyclic amines) is 2. The summed E-state index contributed by atoms with van der Waals surface area (Å²) in [5, 5.41) is 0. The van der Waals surface area contributed by atoms with Crippen LogP contribution in [0.2, 0.25) is 0 Å². The SMILES string of the molecule is CN1CCC(C(CN)N2CCCC2)C1. The van der Waals surface area contributed by atoms with Crippen LogP contribution >= 0.6 is 0 Å². The van der Waals surface area contributed by atoms with E-state index in [9.17, 15) is 0 Å². The normalized spacial score (nSPS) is 32.6. The minimum atomic E-state index is 0.655. The van der Waals surface area contributed by atoms with Crippen molar-refractivity contribution >= 4 is 0 Å². The van der Waals surface area contributed by atoms with Crippen LogP contribution in [0.3, 0.4) is 0 Å². The Bertz CT molecular complexity index is 177. The highest BCUT2D eigenvalue weighted by Gasteiger charge is 2.31. The third-order valence-corrected chi connectivity index (χ3v) is 3.82. The molecule has 0 amide bonds. The van der Waals surface area contributed by atoms with Crippen molar-refractivity contribution in [1.82, 2.24) is 9.80 Å². The van der Waals surface area contributed by atoms with E-state index in [1.807, 2.05) is 0 Å². The molecule has 2 aliphatic rings. The molecule has 0 radical (unpaired) electrons. The maximum Gasteiger partial charge on any atom is 0.0259 e. The van der Waals surface area contributed by atoms with E-state index in [2.05, 4.69) is 16.8 Å². The predicted molar refractivity (Wildman–Crippen MR) is 59.3 cm³/mol. The summed E-state index contributed by atoms with van der Waals surface area (Å²) < 4.78 is 0. The van der Waals surface area contributed by atoms with E-state index in [1.165, 1.54) is 45.4 Å². The van der Waals surface area contributed by atoms with Gasteiger partial charge in [0, 0.05) is 19.1 Å². The summed E-state index contributed by atoms with van der Waals surface area (Å²) in [6, 6.07) is 0.655. The van der Waals surface area contributed by atoms with E-state index in [1.54, 1.807) is 0 Å². The lowest BCUT2D eigenvalue weighted by molar-refractivity contribution is 0.181. The van der Waals surface area contributed by atoms with E-state index in [0.29, 0.717) is 6.04 Å². The van der Waals surface area contributed by atoms with Crippen molar-refractivity contribution < 1.29 is 0 Å². The minimum absolute atomic E-state index is 0.655. The van der Waals surface area contributed by atoms with Crippen LogP contribution in [-0.2, 0) is 0 Å². The van der Waals surface area contributed by atoms with Gasteiger partial charge in [0.25, 0.3) is 0 Å². The molecule has 2 atom stereocenters. The van der Waals surface area contributed by atoms with Crippen LogP contribution in [0.25, 0.3) is 0 Å². The van der Waals surface area contributed by atoms with Gasteiger partial charge in [-0.15, -0.1) is 0 Å². The average Bonchev–Trinajstić information content (AvgIpc) is 2.79. The zero-order valence-electron chi connectivity index (χ0n) is 9.28. The van der Waals surface area contributed by atoms with Gasteiger partial charge < -0.3 is 10.6 Å². The topological polar surface area (TPSA) is 32.5 Å². The van der Waals surface area contributed by atoms with Crippen molar-refractivity contribution in [2.75, 3.05) is 39.8 Å². The van der Waals surface area contributed by atoms with Gasteiger partial charge in [-0.05, 0) is 51.9 Å². The monoisotopic (exact) mass is 197 g/mol. The molecule has 2 heterocycles. The summed E-state index contributed by atoms with van der Waals surface area (Å²) in [6.45, 7) is 5.91. The van der Waals surface area contributed by atoms with Gasteiger partial charge in [0.2, 0.25) is 0 Å². The lowest BCUT2D eigenvalue weighted by atomic mass is 9.98. The Morgan fingerprint density at radius 2 is 2.00 bits per heavy atom. The maximum absolute atomic E-state index is 5.92. The van der Waals surface area contributed by atoms with Crippen molar-refractivity contribution in [2.45, 2.75) is 25.3 Å². The molecular formula is C11H23N3. The van der Waals surface area contributed by atoms with E-state index in [4.69, 9.17) is 5.73 Å². The molecule has 2 N–H and O–H groups in total. The molecule has 0 aromatic carbocycles. The summed E-state index contributed by atoms with van der Waals surface area (Å²) in [5.74, 6) is 0.822. The van der Waals surface area contributed by atoms with Gasteiger partial charge in [0.05, 0.1) is 0 Å². The minimum Gasteiger partial charge on any atom is -0.329 e. The zero-order chi connectivity index (χ0) is 9.97. The molecule has 2 saturated heterocycles. The molecule has 3 heteroatoms. The van der Waals surface area contributed by atoms with Crippen LogP contribution in [0.5, 0.6) is 0 Å². The molecule has 82 valence electrons. The second-order valence-electron chi connectivity index (χ2n) is 4.86. The summed E-state index contributed by atoms with van der Waals surface area (Å²) in [6.07, 6.45) is 4.09. The Morgan fingerprint density at radius 3 is 2.50 bits per heavy atom. The molecule has 3 nitrogen and oxygen atoms in total. The smallest absolute Gasteiger partial charge is 0.0259 e. The highest BCUT2D eigenvalue weighted by atomic mass is 15.2. The van der Waals surface area contributed by atoms with Gasteiger partial charge in [-0.3, -0.25) is 4.90 Å². The predicted octanol–water partition coefficient (Wildman–Crippen LogP) is 0.361. The molecule has 2 unspecified atom stereocenters. The van der Waals surface area contributed by atoms with E-state index in [0.717, 1.165) is 12.5 Å². The van der Waals surface area contributed by atoms with Crippen LogP contribution in [0.1, 0.15) is 19.3 Å². The molecule has 0 spiro atoms. The number of nitrogens with zero attached hydrogens (tertiary/aromatic N) is 2. The average molecular weight is 197 g/mol. The highest BCUT2D eigenvalue weighted by molar-refractivity contribution is 4.88. The summed E-state index contributed by atoms with van der Waals surface area (Å²) in [7, 11) is 2.22. The Balaban J connectivity index is 1.91. The molecule has 0 bridgehead atoms. The third-order valence-electron chi connectivity index (χ3n) is 3.82. The van der Waals surface area contributed by atoms with Crippen LogP contribution in [0, 0.1) is 5.92 Å². The van der Waals surface area contributed by atoms with Crippen molar-refractivity contribution in [2.24, 2.45) is 11.7 Å². The Morgan fingerprint density at radius 1 is 1.29 bits per heavy atom. The van der Waals surface area contributed by atoms with Gasteiger partial charge in [-0.25, -0.2) is 0 Å². The Labute approximate surface area is 87.2 Å². The highest BCUT2D eigenvalue weighted by Crippen LogP contribution is 2.24. The first-order valence-corrected chi connectivity index (χ1v) is 5.94. The quantitative estimate of drug-likeness (QED) is 0.709. The van der Waals surface area contributed by atoms with Gasteiger partial charge in [0.1, 0.15) is 0 Å². The van der Waals surface area contributed by atoms with Gasteiger partial charge >= 0.3 is 0 Å². The van der Waals surface area contributed by atoms with Gasteiger partial charge in [-0.2, -0.15) is 0 Å². The lowest BCUT2D eigenvalue weighted by Crippen LogP contribution is -2.44. The van der Waals surface area contributed by atoms with E-state index in [-0.39, 0.29) is 0 Å².